The number of Topliss-reactive ketones (excluding diaryl/α,β-unsaturated/α-hetero) is 1. The summed E-state index contributed by atoms with van der Waals surface area (Å²) in [6, 6.07) is 17.2. The third kappa shape index (κ3) is 8.16. The van der Waals surface area contributed by atoms with Crippen molar-refractivity contribution in [3.8, 4) is 11.6 Å². The number of carbonyl (C=O) groups excluding carboxylic acids is 2. The second kappa shape index (κ2) is 13.2. The van der Waals surface area contributed by atoms with Crippen molar-refractivity contribution >= 4 is 23.3 Å². The van der Waals surface area contributed by atoms with Crippen molar-refractivity contribution in [2.45, 2.75) is 73.0 Å². The van der Waals surface area contributed by atoms with Gasteiger partial charge in [0.2, 0.25) is 5.88 Å². The summed E-state index contributed by atoms with van der Waals surface area (Å²) in [7, 11) is 0. The first kappa shape index (κ1) is 30.7. The fraction of sp³-hybridized carbons (Fsp3) is 0.394. The topological polar surface area (TPSA) is 98.1 Å². The van der Waals surface area contributed by atoms with E-state index in [4.69, 9.17) is 9.47 Å². The van der Waals surface area contributed by atoms with E-state index in [9.17, 15) is 9.59 Å². The standard InChI is InChI=1S/C32H37N5O4.CH4/c1-22-11-12-26(40-30-14-13-29-33-28(21-37(29)35-30)34-31(39)41-32(2,3)4)18-25(22)19-27(38)24-10-8-9-23(17-24)20-36-15-6-5-7-16-36;/h8-14,17-18,21H,5-7,15-16,19-20H2,1-4H3,(H,34,39);1H4. The highest BCUT2D eigenvalue weighted by atomic mass is 16.6. The van der Waals surface area contributed by atoms with Gasteiger partial charge in [0.25, 0.3) is 0 Å². The van der Waals surface area contributed by atoms with Crippen LogP contribution in [0.15, 0.2) is 60.8 Å². The second-order valence-electron chi connectivity index (χ2n) is 11.6. The molecule has 2 aromatic heterocycles. The van der Waals surface area contributed by atoms with E-state index in [-0.39, 0.29) is 19.6 Å². The molecule has 3 heterocycles. The van der Waals surface area contributed by atoms with E-state index in [0.29, 0.717) is 23.1 Å². The quantitative estimate of drug-likeness (QED) is 0.223. The molecule has 1 aliphatic rings. The number of hydrogen-bond acceptors (Lipinski definition) is 7. The van der Waals surface area contributed by atoms with Gasteiger partial charge in [0.15, 0.2) is 17.2 Å². The Labute approximate surface area is 247 Å². The summed E-state index contributed by atoms with van der Waals surface area (Å²) in [5, 5.41) is 7.08. The predicted molar refractivity (Wildman–Crippen MR) is 164 cm³/mol. The van der Waals surface area contributed by atoms with Gasteiger partial charge in [0.05, 0.1) is 6.20 Å². The monoisotopic (exact) mass is 571 g/mol. The number of rotatable bonds is 8. The van der Waals surface area contributed by atoms with Crippen LogP contribution < -0.4 is 10.1 Å². The first-order chi connectivity index (χ1) is 19.6. The molecule has 0 radical (unpaired) electrons. The van der Waals surface area contributed by atoms with Gasteiger partial charge in [-0.3, -0.25) is 15.0 Å². The van der Waals surface area contributed by atoms with Crippen molar-refractivity contribution in [3.63, 3.8) is 0 Å². The van der Waals surface area contributed by atoms with Crippen LogP contribution in [0.3, 0.4) is 0 Å². The van der Waals surface area contributed by atoms with E-state index in [1.165, 1.54) is 29.3 Å². The van der Waals surface area contributed by atoms with Gasteiger partial charge in [-0.25, -0.2) is 14.3 Å². The highest BCUT2D eigenvalue weighted by molar-refractivity contribution is 5.97. The zero-order chi connectivity index (χ0) is 29.0. The lowest BCUT2D eigenvalue weighted by Crippen LogP contribution is -2.29. The fourth-order valence-electron chi connectivity index (χ4n) is 4.90. The van der Waals surface area contributed by atoms with Gasteiger partial charge in [-0.15, -0.1) is 5.10 Å². The number of likely N-dealkylation sites (tertiary alicyclic amines) is 1. The molecule has 4 aromatic rings. The second-order valence-corrected chi connectivity index (χ2v) is 11.6. The zero-order valence-corrected chi connectivity index (χ0v) is 24.1. The van der Waals surface area contributed by atoms with Gasteiger partial charge in [-0.1, -0.05) is 38.1 Å². The molecule has 222 valence electrons. The number of benzene rings is 2. The smallest absolute Gasteiger partial charge is 0.413 e. The fourth-order valence-corrected chi connectivity index (χ4v) is 4.90. The molecule has 0 bridgehead atoms. The molecule has 0 spiro atoms. The van der Waals surface area contributed by atoms with Crippen molar-refractivity contribution in [2.75, 3.05) is 18.4 Å². The molecular weight excluding hydrogens is 530 g/mol. The summed E-state index contributed by atoms with van der Waals surface area (Å²) in [6.45, 7) is 10.5. The number of aryl methyl sites for hydroxylation is 1. The molecule has 1 fully saturated rings. The van der Waals surface area contributed by atoms with Gasteiger partial charge >= 0.3 is 6.09 Å². The summed E-state index contributed by atoms with van der Waals surface area (Å²) in [5.74, 6) is 1.33. The average Bonchev–Trinajstić information content (AvgIpc) is 3.31. The molecule has 0 atom stereocenters. The lowest BCUT2D eigenvalue weighted by molar-refractivity contribution is 0.0635. The number of hydrogen-bond donors (Lipinski definition) is 1. The van der Waals surface area contributed by atoms with Crippen molar-refractivity contribution < 1.29 is 19.1 Å². The number of carbonyl (C=O) groups is 2. The van der Waals surface area contributed by atoms with Crippen molar-refractivity contribution in [3.05, 3.63) is 83.0 Å². The minimum absolute atomic E-state index is 0. The average molecular weight is 572 g/mol. The number of ether oxygens (including phenoxy) is 2. The zero-order valence-electron chi connectivity index (χ0n) is 24.1. The SMILES string of the molecule is C.Cc1ccc(Oc2ccc3nc(NC(=O)OC(C)(C)C)cn3n2)cc1CC(=O)c1cccc(CN2CCCCC2)c1. The molecule has 5 rings (SSSR count). The maximum atomic E-state index is 13.3. The van der Waals surface area contributed by atoms with Gasteiger partial charge in [-0.05, 0) is 94.6 Å². The highest BCUT2D eigenvalue weighted by Gasteiger charge is 2.18. The number of piperidine rings is 1. The van der Waals surface area contributed by atoms with Gasteiger partial charge < -0.3 is 9.47 Å². The van der Waals surface area contributed by atoms with Crippen molar-refractivity contribution in [1.82, 2.24) is 19.5 Å². The number of imidazole rings is 1. The van der Waals surface area contributed by atoms with Crippen LogP contribution in [-0.2, 0) is 17.7 Å². The number of anilines is 1. The van der Waals surface area contributed by atoms with Crippen LogP contribution in [-0.4, -0.2) is 50.1 Å². The molecule has 1 amide bonds. The Kier molecular flexibility index (Phi) is 9.63. The predicted octanol–water partition coefficient (Wildman–Crippen LogP) is 7.22. The number of nitrogens with one attached hydrogen (secondary N) is 1. The molecule has 1 saturated heterocycles. The largest absolute Gasteiger partial charge is 0.444 e. The summed E-state index contributed by atoms with van der Waals surface area (Å²) in [6.07, 6.45) is 5.07. The van der Waals surface area contributed by atoms with E-state index in [1.807, 2.05) is 43.3 Å². The maximum absolute atomic E-state index is 13.3. The Morgan fingerprint density at radius 2 is 1.79 bits per heavy atom. The Hall–Kier alpha value is -4.24. The molecular formula is C33H41N5O4. The van der Waals surface area contributed by atoms with Crippen LogP contribution >= 0.6 is 0 Å². The van der Waals surface area contributed by atoms with Crippen LogP contribution in [0.2, 0.25) is 0 Å². The number of aromatic nitrogens is 3. The molecule has 9 heteroatoms. The minimum Gasteiger partial charge on any atom is -0.444 e. The van der Waals surface area contributed by atoms with Gasteiger partial charge in [-0.2, -0.15) is 0 Å². The molecule has 2 aromatic carbocycles. The summed E-state index contributed by atoms with van der Waals surface area (Å²) < 4.78 is 12.8. The molecule has 9 nitrogen and oxygen atoms in total. The van der Waals surface area contributed by atoms with Crippen LogP contribution in [0.5, 0.6) is 11.6 Å². The molecule has 1 N–H and O–H groups in total. The van der Waals surface area contributed by atoms with E-state index >= 15 is 0 Å². The maximum Gasteiger partial charge on any atom is 0.413 e. The Balaban J connectivity index is 0.00000405. The van der Waals surface area contributed by atoms with Crippen molar-refractivity contribution in [1.29, 1.82) is 0 Å². The van der Waals surface area contributed by atoms with Crippen molar-refractivity contribution in [2.24, 2.45) is 0 Å². The Morgan fingerprint density at radius 3 is 2.55 bits per heavy atom. The Morgan fingerprint density at radius 1 is 1.00 bits per heavy atom. The van der Waals surface area contributed by atoms with Gasteiger partial charge in [0, 0.05) is 24.6 Å². The first-order valence-electron chi connectivity index (χ1n) is 14.1. The molecule has 42 heavy (non-hydrogen) atoms. The molecule has 0 unspecified atom stereocenters. The molecule has 1 aliphatic heterocycles. The van der Waals surface area contributed by atoms with Crippen LogP contribution in [0.4, 0.5) is 10.6 Å². The number of ketones is 1. The van der Waals surface area contributed by atoms with E-state index in [0.717, 1.165) is 36.3 Å². The summed E-state index contributed by atoms with van der Waals surface area (Å²) in [5.41, 5.74) is 3.76. The van der Waals surface area contributed by atoms with Crippen LogP contribution in [0.25, 0.3) is 5.65 Å². The summed E-state index contributed by atoms with van der Waals surface area (Å²) in [4.78, 5) is 32.2. The van der Waals surface area contributed by atoms with Crippen LogP contribution in [0.1, 0.15) is 74.5 Å². The number of fused-ring (bicyclic) bond motifs is 1. The summed E-state index contributed by atoms with van der Waals surface area (Å²) >= 11 is 0. The lowest BCUT2D eigenvalue weighted by atomic mass is 9.98. The first-order valence-corrected chi connectivity index (χ1v) is 14.1. The Bertz CT molecular complexity index is 1550. The number of amides is 1. The number of nitrogens with zero attached hydrogens (tertiary/aromatic N) is 4. The van der Waals surface area contributed by atoms with Gasteiger partial charge in [0.1, 0.15) is 11.4 Å². The highest BCUT2D eigenvalue weighted by Crippen LogP contribution is 2.25. The van der Waals surface area contributed by atoms with Crippen LogP contribution in [0, 0.1) is 6.92 Å². The van der Waals surface area contributed by atoms with E-state index in [1.54, 1.807) is 39.1 Å². The molecule has 0 aliphatic carbocycles. The third-order valence-electron chi connectivity index (χ3n) is 6.92. The minimum atomic E-state index is -0.614. The lowest BCUT2D eigenvalue weighted by Gasteiger charge is -2.26. The van der Waals surface area contributed by atoms with E-state index < -0.39 is 11.7 Å². The normalized spacial score (nSPS) is 13.8. The van der Waals surface area contributed by atoms with E-state index in [2.05, 4.69) is 26.4 Å². The third-order valence-corrected chi connectivity index (χ3v) is 6.92. The molecule has 0 saturated carbocycles.